The fraction of sp³-hybridized carbons (Fsp3) is 0.750. The molecule has 0 heterocycles. The first-order chi connectivity index (χ1) is 3.72. The van der Waals surface area contributed by atoms with Crippen molar-refractivity contribution in [2.45, 2.75) is 0 Å². The van der Waals surface area contributed by atoms with E-state index in [9.17, 15) is 4.79 Å². The predicted molar refractivity (Wildman–Crippen MR) is 30.9 cm³/mol. The Morgan fingerprint density at radius 2 is 2.38 bits per heavy atom. The minimum absolute atomic E-state index is 0.159. The van der Waals surface area contributed by atoms with E-state index in [0.717, 1.165) is 0 Å². The SMILES string of the molecule is COC(=O)N(C)CCl. The van der Waals surface area contributed by atoms with Gasteiger partial charge >= 0.3 is 6.09 Å². The molecule has 0 aromatic heterocycles. The number of carbonyl (C=O) groups excluding carboxylic acids is 1. The van der Waals surface area contributed by atoms with Crippen LogP contribution in [0.15, 0.2) is 0 Å². The van der Waals surface area contributed by atoms with E-state index in [2.05, 4.69) is 4.74 Å². The molecule has 0 radical (unpaired) electrons. The molecule has 0 aromatic rings. The van der Waals surface area contributed by atoms with E-state index in [1.54, 1.807) is 7.05 Å². The lowest BCUT2D eigenvalue weighted by atomic mass is 10.9. The zero-order chi connectivity index (χ0) is 6.57. The molecular weight excluding hydrogens is 130 g/mol. The molecule has 0 aliphatic rings. The van der Waals surface area contributed by atoms with E-state index >= 15 is 0 Å². The summed E-state index contributed by atoms with van der Waals surface area (Å²) in [5.74, 6) is 0. The molecule has 0 atom stereocenters. The lowest BCUT2D eigenvalue weighted by Crippen LogP contribution is -2.24. The van der Waals surface area contributed by atoms with Gasteiger partial charge in [0.1, 0.15) is 0 Å². The van der Waals surface area contributed by atoms with Crippen LogP contribution < -0.4 is 0 Å². The van der Waals surface area contributed by atoms with Crippen LogP contribution in [0.4, 0.5) is 4.79 Å². The van der Waals surface area contributed by atoms with Crippen molar-refractivity contribution in [3.05, 3.63) is 0 Å². The van der Waals surface area contributed by atoms with Gasteiger partial charge in [-0.2, -0.15) is 0 Å². The summed E-state index contributed by atoms with van der Waals surface area (Å²) in [5, 5.41) is 0. The van der Waals surface area contributed by atoms with Crippen molar-refractivity contribution in [1.82, 2.24) is 4.90 Å². The molecule has 0 aliphatic heterocycles. The molecule has 0 aromatic carbocycles. The van der Waals surface area contributed by atoms with Crippen LogP contribution in [0.5, 0.6) is 0 Å². The number of nitrogens with zero attached hydrogens (tertiary/aromatic N) is 1. The van der Waals surface area contributed by atoms with E-state index in [-0.39, 0.29) is 6.00 Å². The third-order valence-corrected chi connectivity index (χ3v) is 1.02. The predicted octanol–water partition coefficient (Wildman–Crippen LogP) is 0.881. The maximum Gasteiger partial charge on any atom is 0.410 e. The highest BCUT2D eigenvalue weighted by Gasteiger charge is 2.03. The van der Waals surface area contributed by atoms with E-state index in [1.165, 1.54) is 12.0 Å². The summed E-state index contributed by atoms with van der Waals surface area (Å²) >= 11 is 5.25. The number of alkyl halides is 1. The van der Waals surface area contributed by atoms with Crippen molar-refractivity contribution < 1.29 is 9.53 Å². The molecule has 48 valence electrons. The Morgan fingerprint density at radius 3 is 2.50 bits per heavy atom. The zero-order valence-corrected chi connectivity index (χ0v) is 5.60. The van der Waals surface area contributed by atoms with Crippen LogP contribution in [0.3, 0.4) is 0 Å². The third-order valence-electron chi connectivity index (χ3n) is 0.666. The fourth-order valence-corrected chi connectivity index (χ4v) is 0.302. The summed E-state index contributed by atoms with van der Waals surface area (Å²) in [6.07, 6.45) is -0.417. The Hall–Kier alpha value is -0.440. The lowest BCUT2D eigenvalue weighted by molar-refractivity contribution is 0.139. The Morgan fingerprint density at radius 1 is 1.88 bits per heavy atom. The molecule has 8 heavy (non-hydrogen) atoms. The van der Waals surface area contributed by atoms with Gasteiger partial charge in [0.25, 0.3) is 0 Å². The van der Waals surface area contributed by atoms with E-state index in [4.69, 9.17) is 11.6 Å². The summed E-state index contributed by atoms with van der Waals surface area (Å²) in [7, 11) is 2.87. The first-order valence-corrected chi connectivity index (χ1v) is 2.61. The molecule has 0 saturated carbocycles. The van der Waals surface area contributed by atoms with Gasteiger partial charge in [0, 0.05) is 7.05 Å². The first kappa shape index (κ1) is 7.56. The standard InChI is InChI=1S/C4H8ClNO2/c1-6(3-5)4(7)8-2/h3H2,1-2H3. The average Bonchev–Trinajstić information content (AvgIpc) is 1.84. The Labute approximate surface area is 53.2 Å². The summed E-state index contributed by atoms with van der Waals surface area (Å²) < 4.78 is 4.31. The number of hydrogen-bond acceptors (Lipinski definition) is 2. The molecule has 0 aliphatic carbocycles. The lowest BCUT2D eigenvalue weighted by Gasteiger charge is -2.09. The summed E-state index contributed by atoms with van der Waals surface area (Å²) in [6, 6.07) is 0.159. The average molecular weight is 138 g/mol. The van der Waals surface area contributed by atoms with Gasteiger partial charge in [-0.15, -0.1) is 11.6 Å². The summed E-state index contributed by atoms with van der Waals surface area (Å²) in [5.41, 5.74) is 0. The van der Waals surface area contributed by atoms with Gasteiger partial charge in [0.05, 0.1) is 13.1 Å². The maximum absolute atomic E-state index is 10.4. The largest absolute Gasteiger partial charge is 0.453 e. The van der Waals surface area contributed by atoms with Crippen LogP contribution in [0, 0.1) is 0 Å². The number of amides is 1. The van der Waals surface area contributed by atoms with Crippen molar-refractivity contribution >= 4 is 17.7 Å². The van der Waals surface area contributed by atoms with Crippen LogP contribution in [0.25, 0.3) is 0 Å². The normalized spacial score (nSPS) is 8.38. The molecule has 3 nitrogen and oxygen atoms in total. The minimum atomic E-state index is -0.417. The van der Waals surface area contributed by atoms with Crippen molar-refractivity contribution in [3.8, 4) is 0 Å². The fourth-order valence-electron chi connectivity index (χ4n) is 0.205. The smallest absolute Gasteiger partial charge is 0.410 e. The molecule has 0 saturated heterocycles. The number of ether oxygens (including phenoxy) is 1. The number of halogens is 1. The van der Waals surface area contributed by atoms with E-state index in [0.29, 0.717) is 0 Å². The highest BCUT2D eigenvalue weighted by atomic mass is 35.5. The maximum atomic E-state index is 10.4. The highest BCUT2D eigenvalue weighted by molar-refractivity contribution is 6.18. The van der Waals surface area contributed by atoms with Crippen LogP contribution in [-0.4, -0.2) is 31.2 Å². The Kier molecular flexibility index (Phi) is 3.35. The molecular formula is C4H8ClNO2. The van der Waals surface area contributed by atoms with Crippen LogP contribution in [0.1, 0.15) is 0 Å². The summed E-state index contributed by atoms with van der Waals surface area (Å²) in [4.78, 5) is 11.6. The van der Waals surface area contributed by atoms with Crippen molar-refractivity contribution in [2.75, 3.05) is 20.2 Å². The molecule has 4 heteroatoms. The van der Waals surface area contributed by atoms with E-state index in [1.807, 2.05) is 0 Å². The van der Waals surface area contributed by atoms with E-state index < -0.39 is 6.09 Å². The van der Waals surface area contributed by atoms with Crippen LogP contribution in [-0.2, 0) is 4.74 Å². The van der Waals surface area contributed by atoms with Gasteiger partial charge in [0.2, 0.25) is 0 Å². The number of methoxy groups -OCH3 is 1. The Bertz CT molecular complexity index is 86.1. The van der Waals surface area contributed by atoms with Crippen molar-refractivity contribution in [3.63, 3.8) is 0 Å². The second kappa shape index (κ2) is 3.55. The van der Waals surface area contributed by atoms with Gasteiger partial charge < -0.3 is 4.74 Å². The second-order valence-electron chi connectivity index (χ2n) is 1.29. The van der Waals surface area contributed by atoms with Gasteiger partial charge in [-0.25, -0.2) is 4.79 Å². The van der Waals surface area contributed by atoms with Crippen LogP contribution in [0.2, 0.25) is 0 Å². The molecule has 0 rings (SSSR count). The molecule has 1 amide bonds. The highest BCUT2D eigenvalue weighted by Crippen LogP contribution is 1.88. The number of hydrogen-bond donors (Lipinski definition) is 0. The quantitative estimate of drug-likeness (QED) is 0.397. The first-order valence-electron chi connectivity index (χ1n) is 2.07. The molecule has 0 fully saturated rings. The van der Waals surface area contributed by atoms with Crippen molar-refractivity contribution in [2.24, 2.45) is 0 Å². The molecule has 0 unspecified atom stereocenters. The van der Waals surface area contributed by atoms with Gasteiger partial charge in [-0.1, -0.05) is 0 Å². The van der Waals surface area contributed by atoms with Gasteiger partial charge in [-0.3, -0.25) is 4.90 Å². The molecule has 0 N–H and O–H groups in total. The Balaban J connectivity index is 3.46. The number of carbonyl (C=O) groups is 1. The second-order valence-corrected chi connectivity index (χ2v) is 1.53. The van der Waals surface area contributed by atoms with Gasteiger partial charge in [0.15, 0.2) is 0 Å². The molecule has 0 bridgehead atoms. The van der Waals surface area contributed by atoms with Crippen molar-refractivity contribution in [1.29, 1.82) is 0 Å². The number of rotatable bonds is 1. The van der Waals surface area contributed by atoms with Crippen LogP contribution >= 0.6 is 11.6 Å². The zero-order valence-electron chi connectivity index (χ0n) is 4.85. The summed E-state index contributed by atoms with van der Waals surface area (Å²) in [6.45, 7) is 0. The minimum Gasteiger partial charge on any atom is -0.453 e. The third kappa shape index (κ3) is 2.02. The topological polar surface area (TPSA) is 29.5 Å². The monoisotopic (exact) mass is 137 g/mol. The van der Waals surface area contributed by atoms with Gasteiger partial charge in [-0.05, 0) is 0 Å². The molecule has 0 spiro atoms.